The Morgan fingerprint density at radius 1 is 0.615 bits per heavy atom. The normalized spacial score (nSPS) is 14.6. The van der Waals surface area contributed by atoms with Crippen LogP contribution in [-0.4, -0.2) is 113 Å². The number of methoxy groups -OCH3 is 5. The number of fused-ring (bicyclic) bond motifs is 2. The molecule has 0 spiro atoms. The second kappa shape index (κ2) is 15.6. The van der Waals surface area contributed by atoms with Crippen molar-refractivity contribution in [2.75, 3.05) is 103 Å². The maximum Gasteiger partial charge on any atom is 0.260 e. The van der Waals surface area contributed by atoms with E-state index in [-0.39, 0.29) is 11.1 Å². The fraction of sp³-hybridized carbons (Fsp3) is 0.417. The number of aromatic nitrogens is 5. The monoisotopic (exact) mass is 715 g/mol. The van der Waals surface area contributed by atoms with Gasteiger partial charge in [0.1, 0.15) is 11.6 Å². The van der Waals surface area contributed by atoms with Crippen LogP contribution in [0.3, 0.4) is 0 Å². The lowest BCUT2D eigenvalue weighted by atomic mass is 10.1. The van der Waals surface area contributed by atoms with Crippen LogP contribution in [0.2, 0.25) is 0 Å². The molecule has 2 aliphatic heterocycles. The highest BCUT2D eigenvalue weighted by molar-refractivity contribution is 5.87. The summed E-state index contributed by atoms with van der Waals surface area (Å²) in [5.41, 5.74) is 2.30. The van der Waals surface area contributed by atoms with Gasteiger partial charge in [0.05, 0.1) is 57.4 Å². The number of hydrogen-bond acceptors (Lipinski definition) is 14. The van der Waals surface area contributed by atoms with Gasteiger partial charge in [-0.05, 0) is 19.9 Å². The van der Waals surface area contributed by atoms with E-state index < -0.39 is 0 Å². The lowest BCUT2D eigenvalue weighted by Gasteiger charge is -2.35. The lowest BCUT2D eigenvalue weighted by molar-refractivity contribution is 0.354. The Labute approximate surface area is 300 Å². The molecular weight excluding hydrogens is 670 g/mol. The van der Waals surface area contributed by atoms with Crippen molar-refractivity contribution in [2.24, 2.45) is 0 Å². The van der Waals surface area contributed by atoms with Crippen LogP contribution in [0.25, 0.3) is 21.8 Å². The first-order chi connectivity index (χ1) is 25.2. The van der Waals surface area contributed by atoms with Crippen LogP contribution < -0.4 is 54.8 Å². The number of nitrogens with zero attached hydrogens (tertiary/aromatic N) is 6. The van der Waals surface area contributed by atoms with Gasteiger partial charge in [0.25, 0.3) is 11.1 Å². The molecule has 2 aromatic carbocycles. The predicted molar refractivity (Wildman–Crippen MR) is 201 cm³/mol. The summed E-state index contributed by atoms with van der Waals surface area (Å²) in [5, 5.41) is 4.33. The van der Waals surface area contributed by atoms with E-state index in [1.165, 1.54) is 0 Å². The van der Waals surface area contributed by atoms with Crippen LogP contribution in [0.15, 0.2) is 40.1 Å². The van der Waals surface area contributed by atoms with Crippen molar-refractivity contribution < 1.29 is 23.7 Å². The quantitative estimate of drug-likeness (QED) is 0.214. The molecule has 2 aliphatic rings. The molecule has 276 valence electrons. The Hall–Kier alpha value is -5.77. The number of aromatic amines is 2. The number of anilines is 3. The highest BCUT2D eigenvalue weighted by Gasteiger charge is 2.23. The number of H-pyrrole nitrogens is 2. The van der Waals surface area contributed by atoms with Gasteiger partial charge in [-0.15, -0.1) is 0 Å². The molecule has 0 saturated carbocycles. The van der Waals surface area contributed by atoms with Gasteiger partial charge in [-0.25, -0.2) is 15.0 Å². The van der Waals surface area contributed by atoms with Crippen molar-refractivity contribution in [3.63, 3.8) is 0 Å². The van der Waals surface area contributed by atoms with Gasteiger partial charge >= 0.3 is 0 Å². The molecule has 5 aromatic rings. The summed E-state index contributed by atoms with van der Waals surface area (Å²) in [5.74, 6) is 5.06. The SMILES string of the molecule is COc1cc2nc(N3CCNCC3)[nH]c(=O)c2c(C)c1OC.COc1ccnc(N2CCN(c3nc4cc(OC)c(OC)c(C)c4c(=O)[nH]3)CC2)c1. The molecule has 0 radical (unpaired) electrons. The highest BCUT2D eigenvalue weighted by Crippen LogP contribution is 2.36. The van der Waals surface area contributed by atoms with E-state index in [9.17, 15) is 9.59 Å². The molecule has 0 bridgehead atoms. The van der Waals surface area contributed by atoms with Gasteiger partial charge in [0.15, 0.2) is 23.0 Å². The zero-order valence-corrected chi connectivity index (χ0v) is 30.6. The Balaban J connectivity index is 0.000000187. The number of aryl methyl sites for hydroxylation is 2. The fourth-order valence-corrected chi connectivity index (χ4v) is 6.70. The first kappa shape index (κ1) is 36.0. The van der Waals surface area contributed by atoms with E-state index in [0.29, 0.717) is 75.4 Å². The van der Waals surface area contributed by atoms with Crippen molar-refractivity contribution in [1.29, 1.82) is 0 Å². The summed E-state index contributed by atoms with van der Waals surface area (Å²) in [6, 6.07) is 7.25. The van der Waals surface area contributed by atoms with Crippen LogP contribution in [0, 0.1) is 13.8 Å². The largest absolute Gasteiger partial charge is 0.497 e. The maximum absolute atomic E-state index is 12.8. The minimum Gasteiger partial charge on any atom is -0.497 e. The Bertz CT molecular complexity index is 2180. The zero-order valence-electron chi connectivity index (χ0n) is 30.6. The Morgan fingerprint density at radius 2 is 1.10 bits per heavy atom. The molecule has 2 fully saturated rings. The second-order valence-electron chi connectivity index (χ2n) is 12.3. The smallest absolute Gasteiger partial charge is 0.260 e. The zero-order chi connectivity index (χ0) is 36.9. The number of benzene rings is 2. The standard InChI is InChI=1S/C21H25N5O4.C15H20N4O3/c1-13-18-15(12-16(29-3)19(13)30-4)23-21(24-20(18)27)26-9-7-25(8-10-26)17-11-14(28-2)5-6-22-17;1-9-12-10(8-11(21-2)13(9)22-3)17-15(18-14(12)20)19-6-4-16-5-7-19/h5-6,11-12H,7-10H2,1-4H3,(H,23,24,27);8,16H,4-7H2,1-3H3,(H,17,18,20). The summed E-state index contributed by atoms with van der Waals surface area (Å²) in [4.78, 5) is 51.2. The number of rotatable bonds is 8. The molecule has 3 N–H and O–H groups in total. The number of ether oxygens (including phenoxy) is 5. The second-order valence-corrected chi connectivity index (χ2v) is 12.3. The highest BCUT2D eigenvalue weighted by atomic mass is 16.5. The molecule has 0 aliphatic carbocycles. The van der Waals surface area contributed by atoms with E-state index in [0.717, 1.165) is 56.4 Å². The minimum absolute atomic E-state index is 0.156. The third kappa shape index (κ3) is 7.06. The number of hydrogen-bond donors (Lipinski definition) is 3. The number of pyridine rings is 1. The van der Waals surface area contributed by atoms with Gasteiger partial charge in [-0.3, -0.25) is 19.6 Å². The topological polar surface area (TPSA) is 172 Å². The molecule has 16 heteroatoms. The maximum atomic E-state index is 12.8. The lowest BCUT2D eigenvalue weighted by Crippen LogP contribution is -2.47. The van der Waals surface area contributed by atoms with Crippen molar-refractivity contribution in [1.82, 2.24) is 30.2 Å². The Kier molecular flexibility index (Phi) is 10.8. The molecule has 52 heavy (non-hydrogen) atoms. The summed E-state index contributed by atoms with van der Waals surface area (Å²) in [6.45, 7) is 10.0. The van der Waals surface area contributed by atoms with Crippen molar-refractivity contribution in [2.45, 2.75) is 13.8 Å². The van der Waals surface area contributed by atoms with Crippen molar-refractivity contribution >= 4 is 39.5 Å². The van der Waals surface area contributed by atoms with Gasteiger partial charge in [-0.2, -0.15) is 0 Å². The molecule has 3 aromatic heterocycles. The first-order valence-corrected chi connectivity index (χ1v) is 17.0. The van der Waals surface area contributed by atoms with Crippen LogP contribution in [0.5, 0.6) is 28.7 Å². The van der Waals surface area contributed by atoms with Gasteiger partial charge in [0.2, 0.25) is 11.9 Å². The van der Waals surface area contributed by atoms with E-state index >= 15 is 0 Å². The molecule has 2 saturated heterocycles. The third-order valence-corrected chi connectivity index (χ3v) is 9.40. The van der Waals surface area contributed by atoms with Crippen LogP contribution in [0.1, 0.15) is 11.1 Å². The van der Waals surface area contributed by atoms with E-state index in [4.69, 9.17) is 28.7 Å². The molecule has 0 atom stereocenters. The fourth-order valence-electron chi connectivity index (χ4n) is 6.70. The number of piperazine rings is 2. The van der Waals surface area contributed by atoms with Gasteiger partial charge in [0, 0.05) is 87.9 Å². The number of nitrogens with one attached hydrogen (secondary N) is 3. The first-order valence-electron chi connectivity index (χ1n) is 17.0. The summed E-state index contributed by atoms with van der Waals surface area (Å²) < 4.78 is 26.8. The van der Waals surface area contributed by atoms with Crippen LogP contribution >= 0.6 is 0 Å². The molecule has 0 amide bonds. The molecule has 0 unspecified atom stereocenters. The van der Waals surface area contributed by atoms with Crippen LogP contribution in [0.4, 0.5) is 17.7 Å². The summed E-state index contributed by atoms with van der Waals surface area (Å²) >= 11 is 0. The summed E-state index contributed by atoms with van der Waals surface area (Å²) in [7, 11) is 7.92. The van der Waals surface area contributed by atoms with Gasteiger partial charge in [-0.1, -0.05) is 0 Å². The van der Waals surface area contributed by atoms with Gasteiger partial charge < -0.3 is 43.7 Å². The van der Waals surface area contributed by atoms with Crippen LogP contribution in [-0.2, 0) is 0 Å². The molecular formula is C36H45N9O7. The molecule has 5 heterocycles. The average molecular weight is 716 g/mol. The van der Waals surface area contributed by atoms with E-state index in [2.05, 4.69) is 40.0 Å². The van der Waals surface area contributed by atoms with Crippen molar-refractivity contribution in [3.8, 4) is 28.7 Å². The molecule has 7 rings (SSSR count). The Morgan fingerprint density at radius 3 is 1.56 bits per heavy atom. The molecule has 16 nitrogen and oxygen atoms in total. The van der Waals surface area contributed by atoms with Crippen molar-refractivity contribution in [3.05, 3.63) is 62.3 Å². The van der Waals surface area contributed by atoms with E-state index in [1.807, 2.05) is 26.0 Å². The third-order valence-electron chi connectivity index (χ3n) is 9.40. The average Bonchev–Trinajstić information content (AvgIpc) is 3.17. The predicted octanol–water partition coefficient (Wildman–Crippen LogP) is 2.64. The minimum atomic E-state index is -0.189. The summed E-state index contributed by atoms with van der Waals surface area (Å²) in [6.07, 6.45) is 1.74. The van der Waals surface area contributed by atoms with E-state index in [1.54, 1.807) is 53.9 Å².